The van der Waals surface area contributed by atoms with Crippen molar-refractivity contribution < 1.29 is 19.1 Å². The van der Waals surface area contributed by atoms with Gasteiger partial charge in [-0.15, -0.1) is 23.5 Å². The third-order valence-electron chi connectivity index (χ3n) is 3.99. The number of carbonyl (C=O) groups is 2. The first-order valence-corrected chi connectivity index (χ1v) is 10.6. The van der Waals surface area contributed by atoms with Crippen molar-refractivity contribution in [2.75, 3.05) is 30.5 Å². The first kappa shape index (κ1) is 19.6. The Morgan fingerprint density at radius 1 is 1.11 bits per heavy atom. The van der Waals surface area contributed by atoms with Crippen molar-refractivity contribution in [1.82, 2.24) is 0 Å². The molecule has 2 aromatic carbocycles. The van der Waals surface area contributed by atoms with Crippen LogP contribution in [0.3, 0.4) is 0 Å². The highest BCUT2D eigenvalue weighted by Crippen LogP contribution is 2.45. The van der Waals surface area contributed by atoms with Crippen LogP contribution >= 0.6 is 23.5 Å². The Hall–Kier alpha value is -2.12. The molecule has 3 rings (SSSR count). The quantitative estimate of drug-likeness (QED) is 0.692. The normalized spacial score (nSPS) is 14.0. The Labute approximate surface area is 167 Å². The summed E-state index contributed by atoms with van der Waals surface area (Å²) in [4.78, 5) is 23.7. The molecule has 142 valence electrons. The van der Waals surface area contributed by atoms with Gasteiger partial charge in [-0.05, 0) is 42.8 Å². The molecule has 1 fully saturated rings. The van der Waals surface area contributed by atoms with Gasteiger partial charge in [0, 0.05) is 22.8 Å². The number of benzene rings is 2. The molecule has 1 heterocycles. The smallest absolute Gasteiger partial charge is 0.262 e. The Balaban J connectivity index is 1.60. The number of hydrogen-bond donors (Lipinski definition) is 1. The van der Waals surface area contributed by atoms with Crippen LogP contribution in [0.15, 0.2) is 42.5 Å². The number of ether oxygens (including phenoxy) is 2. The van der Waals surface area contributed by atoms with Crippen LogP contribution in [0.4, 0.5) is 5.69 Å². The number of carbonyl (C=O) groups excluding carboxylic acids is 2. The van der Waals surface area contributed by atoms with Crippen LogP contribution in [0, 0.1) is 0 Å². The second-order valence-electron chi connectivity index (χ2n) is 5.96. The molecule has 1 saturated heterocycles. The molecular formula is C20H21NO4S2. The number of ketones is 1. The molecule has 27 heavy (non-hydrogen) atoms. The van der Waals surface area contributed by atoms with Crippen molar-refractivity contribution in [2.24, 2.45) is 0 Å². The molecule has 0 atom stereocenters. The monoisotopic (exact) mass is 403 g/mol. The minimum atomic E-state index is -0.253. The zero-order chi connectivity index (χ0) is 19.2. The van der Waals surface area contributed by atoms with Gasteiger partial charge in [-0.25, -0.2) is 0 Å². The minimum absolute atomic E-state index is 0.0592. The third kappa shape index (κ3) is 5.20. The minimum Gasteiger partial charge on any atom is -0.493 e. The van der Waals surface area contributed by atoms with E-state index >= 15 is 0 Å². The van der Waals surface area contributed by atoms with Gasteiger partial charge in [0.2, 0.25) is 0 Å². The van der Waals surface area contributed by atoms with E-state index in [1.807, 2.05) is 41.7 Å². The van der Waals surface area contributed by atoms with Gasteiger partial charge in [0.25, 0.3) is 5.91 Å². The van der Waals surface area contributed by atoms with Crippen LogP contribution in [-0.2, 0) is 4.79 Å². The van der Waals surface area contributed by atoms with E-state index in [1.165, 1.54) is 19.6 Å². The molecule has 0 saturated carbocycles. The Bertz CT molecular complexity index is 834. The van der Waals surface area contributed by atoms with Crippen LogP contribution in [-0.4, -0.2) is 36.9 Å². The highest BCUT2D eigenvalue weighted by molar-refractivity contribution is 8.19. The summed E-state index contributed by atoms with van der Waals surface area (Å²) >= 11 is 3.85. The van der Waals surface area contributed by atoms with Crippen molar-refractivity contribution in [3.05, 3.63) is 53.6 Å². The number of anilines is 1. The molecule has 0 aromatic heterocycles. The fraction of sp³-hybridized carbons (Fsp3) is 0.300. The fourth-order valence-electron chi connectivity index (χ4n) is 2.66. The molecule has 0 radical (unpaired) electrons. The largest absolute Gasteiger partial charge is 0.493 e. The molecule has 1 amide bonds. The third-order valence-corrected chi connectivity index (χ3v) is 7.10. The van der Waals surface area contributed by atoms with E-state index in [4.69, 9.17) is 9.47 Å². The number of amides is 1. The number of Topliss-reactive ketones (excluding diaryl/α,β-unsaturated/α-hetero) is 1. The van der Waals surface area contributed by atoms with E-state index in [-0.39, 0.29) is 18.3 Å². The van der Waals surface area contributed by atoms with Gasteiger partial charge in [0.15, 0.2) is 23.9 Å². The van der Waals surface area contributed by atoms with Gasteiger partial charge in [-0.1, -0.05) is 12.1 Å². The van der Waals surface area contributed by atoms with Crippen LogP contribution in [0.25, 0.3) is 0 Å². The molecule has 0 bridgehead atoms. The summed E-state index contributed by atoms with van der Waals surface area (Å²) in [5, 5.41) is 2.87. The lowest BCUT2D eigenvalue weighted by atomic mass is 10.1. The second kappa shape index (κ2) is 9.19. The summed E-state index contributed by atoms with van der Waals surface area (Å²) in [5.41, 5.74) is 2.50. The number of methoxy groups -OCH3 is 1. The maximum absolute atomic E-state index is 12.3. The summed E-state index contributed by atoms with van der Waals surface area (Å²) in [7, 11) is 1.50. The molecule has 1 aliphatic heterocycles. The average Bonchev–Trinajstić information content (AvgIpc) is 3.21. The lowest BCUT2D eigenvalue weighted by molar-refractivity contribution is -0.118. The molecule has 5 nitrogen and oxygen atoms in total. The van der Waals surface area contributed by atoms with Gasteiger partial charge < -0.3 is 14.8 Å². The van der Waals surface area contributed by atoms with E-state index < -0.39 is 0 Å². The standard InChI is InChI=1S/C20H21NO4S2/c1-13(22)14-6-7-17(18(11-14)24-2)25-12-19(23)21-16-5-3-4-15(10-16)20-26-8-9-27-20/h3-7,10-11,20H,8-9,12H2,1-2H3,(H,21,23). The molecule has 7 heteroatoms. The second-order valence-corrected chi connectivity index (χ2v) is 8.68. The topological polar surface area (TPSA) is 64.6 Å². The number of hydrogen-bond acceptors (Lipinski definition) is 6. The molecule has 0 aliphatic carbocycles. The average molecular weight is 404 g/mol. The van der Waals surface area contributed by atoms with E-state index in [1.54, 1.807) is 18.2 Å². The summed E-state index contributed by atoms with van der Waals surface area (Å²) in [6.07, 6.45) is 0. The first-order valence-electron chi connectivity index (χ1n) is 8.51. The summed E-state index contributed by atoms with van der Waals surface area (Å²) in [6.45, 7) is 1.34. The van der Waals surface area contributed by atoms with E-state index in [9.17, 15) is 9.59 Å². The van der Waals surface area contributed by atoms with Crippen molar-refractivity contribution in [3.63, 3.8) is 0 Å². The number of rotatable bonds is 7. The fourth-order valence-corrected chi connectivity index (χ4v) is 5.50. The zero-order valence-electron chi connectivity index (χ0n) is 15.2. The van der Waals surface area contributed by atoms with Gasteiger partial charge in [-0.2, -0.15) is 0 Å². The van der Waals surface area contributed by atoms with Crippen LogP contribution < -0.4 is 14.8 Å². The van der Waals surface area contributed by atoms with Crippen molar-refractivity contribution >= 4 is 40.9 Å². The zero-order valence-corrected chi connectivity index (χ0v) is 16.8. The number of nitrogens with one attached hydrogen (secondary N) is 1. The van der Waals surface area contributed by atoms with E-state index in [2.05, 4.69) is 11.4 Å². The van der Waals surface area contributed by atoms with Crippen molar-refractivity contribution in [2.45, 2.75) is 11.5 Å². The summed E-state index contributed by atoms with van der Waals surface area (Å²) in [6, 6.07) is 12.8. The highest BCUT2D eigenvalue weighted by atomic mass is 32.2. The highest BCUT2D eigenvalue weighted by Gasteiger charge is 2.18. The molecular weight excluding hydrogens is 382 g/mol. The lowest BCUT2D eigenvalue weighted by Gasteiger charge is -2.13. The van der Waals surface area contributed by atoms with Gasteiger partial charge >= 0.3 is 0 Å². The Kier molecular flexibility index (Phi) is 6.68. The van der Waals surface area contributed by atoms with Crippen LogP contribution in [0.1, 0.15) is 27.4 Å². The van der Waals surface area contributed by atoms with Crippen LogP contribution in [0.2, 0.25) is 0 Å². The van der Waals surface area contributed by atoms with Crippen molar-refractivity contribution in [3.8, 4) is 11.5 Å². The summed E-state index contributed by atoms with van der Waals surface area (Å²) < 4.78 is 11.2. The van der Waals surface area contributed by atoms with Gasteiger partial charge in [0.05, 0.1) is 11.7 Å². The first-order chi connectivity index (χ1) is 13.1. The van der Waals surface area contributed by atoms with E-state index in [0.717, 1.165) is 17.2 Å². The lowest BCUT2D eigenvalue weighted by Crippen LogP contribution is -2.20. The molecule has 1 N–H and O–H groups in total. The molecule has 2 aromatic rings. The Morgan fingerprint density at radius 2 is 1.89 bits per heavy atom. The predicted molar refractivity (Wildman–Crippen MR) is 111 cm³/mol. The Morgan fingerprint density at radius 3 is 2.59 bits per heavy atom. The van der Waals surface area contributed by atoms with Crippen LogP contribution in [0.5, 0.6) is 11.5 Å². The SMILES string of the molecule is COc1cc(C(C)=O)ccc1OCC(=O)Nc1cccc(C2SCCS2)c1. The van der Waals surface area contributed by atoms with Gasteiger partial charge in [-0.3, -0.25) is 9.59 Å². The van der Waals surface area contributed by atoms with Crippen molar-refractivity contribution in [1.29, 1.82) is 0 Å². The predicted octanol–water partition coefficient (Wildman–Crippen LogP) is 4.39. The maximum Gasteiger partial charge on any atom is 0.262 e. The van der Waals surface area contributed by atoms with E-state index in [0.29, 0.717) is 21.6 Å². The molecule has 0 spiro atoms. The number of thioether (sulfide) groups is 2. The maximum atomic E-state index is 12.3. The molecule has 1 aliphatic rings. The summed E-state index contributed by atoms with van der Waals surface area (Å²) in [5.74, 6) is 2.85. The van der Waals surface area contributed by atoms with Gasteiger partial charge in [0.1, 0.15) is 0 Å². The molecule has 0 unspecified atom stereocenters.